The van der Waals surface area contributed by atoms with Crippen LogP contribution in [0.4, 0.5) is 5.82 Å². The van der Waals surface area contributed by atoms with Crippen molar-refractivity contribution >= 4 is 28.2 Å². The standard InChI is InChI=1S/C15H18ClN3/c1-19-8-6-12(7-9-19)17-14-10-11-4-2-3-5-13(11)15(16)18-14/h2-5,10,12H,6-9H2,1H3,(H,17,18). The van der Waals surface area contributed by atoms with Gasteiger partial charge in [0.15, 0.2) is 0 Å². The molecule has 0 spiro atoms. The van der Waals surface area contributed by atoms with Crippen LogP contribution < -0.4 is 5.32 Å². The highest BCUT2D eigenvalue weighted by molar-refractivity contribution is 6.34. The molecule has 100 valence electrons. The monoisotopic (exact) mass is 275 g/mol. The Morgan fingerprint density at radius 1 is 1.26 bits per heavy atom. The van der Waals surface area contributed by atoms with E-state index in [1.165, 1.54) is 0 Å². The fourth-order valence-corrected chi connectivity index (χ4v) is 2.86. The molecule has 1 aliphatic rings. The molecule has 0 saturated carbocycles. The highest BCUT2D eigenvalue weighted by atomic mass is 35.5. The van der Waals surface area contributed by atoms with E-state index in [2.05, 4.69) is 34.4 Å². The van der Waals surface area contributed by atoms with Gasteiger partial charge in [-0.3, -0.25) is 0 Å². The number of benzene rings is 1. The lowest BCUT2D eigenvalue weighted by atomic mass is 10.1. The second-order valence-electron chi connectivity index (χ2n) is 5.24. The highest BCUT2D eigenvalue weighted by Crippen LogP contribution is 2.25. The fraction of sp³-hybridized carbons (Fsp3) is 0.400. The van der Waals surface area contributed by atoms with Crippen LogP contribution in [0, 0.1) is 0 Å². The van der Waals surface area contributed by atoms with Crippen LogP contribution in [0.2, 0.25) is 5.15 Å². The van der Waals surface area contributed by atoms with E-state index in [-0.39, 0.29) is 0 Å². The van der Waals surface area contributed by atoms with E-state index in [0.717, 1.165) is 42.5 Å². The van der Waals surface area contributed by atoms with Crippen molar-refractivity contribution in [3.05, 3.63) is 35.5 Å². The number of nitrogens with zero attached hydrogens (tertiary/aromatic N) is 2. The summed E-state index contributed by atoms with van der Waals surface area (Å²) in [6.07, 6.45) is 2.31. The van der Waals surface area contributed by atoms with Crippen LogP contribution >= 0.6 is 11.6 Å². The van der Waals surface area contributed by atoms with E-state index in [4.69, 9.17) is 11.6 Å². The van der Waals surface area contributed by atoms with Gasteiger partial charge in [0.1, 0.15) is 11.0 Å². The zero-order chi connectivity index (χ0) is 13.2. The van der Waals surface area contributed by atoms with Crippen molar-refractivity contribution in [3.8, 4) is 0 Å². The van der Waals surface area contributed by atoms with Gasteiger partial charge in [0, 0.05) is 11.4 Å². The summed E-state index contributed by atoms with van der Waals surface area (Å²) in [5.41, 5.74) is 0. The first-order valence-electron chi connectivity index (χ1n) is 6.73. The molecular formula is C15H18ClN3. The average molecular weight is 276 g/mol. The number of aromatic nitrogens is 1. The van der Waals surface area contributed by atoms with Gasteiger partial charge < -0.3 is 10.2 Å². The normalized spacial score (nSPS) is 17.8. The molecule has 0 unspecified atom stereocenters. The molecule has 2 heterocycles. The molecule has 0 amide bonds. The molecule has 0 bridgehead atoms. The summed E-state index contributed by atoms with van der Waals surface area (Å²) < 4.78 is 0. The quantitative estimate of drug-likeness (QED) is 0.852. The molecule has 1 N–H and O–H groups in total. The van der Waals surface area contributed by atoms with E-state index in [1.54, 1.807) is 0 Å². The van der Waals surface area contributed by atoms with E-state index in [1.807, 2.05) is 18.2 Å². The second-order valence-corrected chi connectivity index (χ2v) is 5.60. The zero-order valence-electron chi connectivity index (χ0n) is 11.1. The van der Waals surface area contributed by atoms with Crippen LogP contribution in [0.1, 0.15) is 12.8 Å². The minimum absolute atomic E-state index is 0.501. The predicted octanol–water partition coefficient (Wildman–Crippen LogP) is 3.39. The van der Waals surface area contributed by atoms with Crippen molar-refractivity contribution in [2.45, 2.75) is 18.9 Å². The van der Waals surface area contributed by atoms with Crippen LogP contribution in [0.25, 0.3) is 10.8 Å². The van der Waals surface area contributed by atoms with Crippen LogP contribution in [-0.4, -0.2) is 36.1 Å². The third-order valence-electron chi connectivity index (χ3n) is 3.76. The first kappa shape index (κ1) is 12.7. The molecule has 1 aliphatic heterocycles. The molecule has 4 heteroatoms. The van der Waals surface area contributed by atoms with Gasteiger partial charge in [-0.2, -0.15) is 0 Å². The van der Waals surface area contributed by atoms with Gasteiger partial charge in [0.25, 0.3) is 0 Å². The van der Waals surface area contributed by atoms with Crippen LogP contribution in [0.3, 0.4) is 0 Å². The Morgan fingerprint density at radius 3 is 2.79 bits per heavy atom. The number of fused-ring (bicyclic) bond motifs is 1. The highest BCUT2D eigenvalue weighted by Gasteiger charge is 2.17. The number of nitrogens with one attached hydrogen (secondary N) is 1. The lowest BCUT2D eigenvalue weighted by molar-refractivity contribution is 0.263. The van der Waals surface area contributed by atoms with Gasteiger partial charge in [0.2, 0.25) is 0 Å². The zero-order valence-corrected chi connectivity index (χ0v) is 11.8. The lowest BCUT2D eigenvalue weighted by Gasteiger charge is -2.29. The van der Waals surface area contributed by atoms with Crippen molar-refractivity contribution in [1.29, 1.82) is 0 Å². The molecule has 2 aromatic rings. The molecule has 3 nitrogen and oxygen atoms in total. The maximum atomic E-state index is 6.24. The second kappa shape index (κ2) is 5.35. The number of piperidine rings is 1. The summed E-state index contributed by atoms with van der Waals surface area (Å²) in [6, 6.07) is 10.7. The Kier molecular flexibility index (Phi) is 3.58. The molecule has 1 aromatic carbocycles. The van der Waals surface area contributed by atoms with Crippen molar-refractivity contribution in [2.24, 2.45) is 0 Å². The Morgan fingerprint density at radius 2 is 2.00 bits per heavy atom. The number of rotatable bonds is 2. The van der Waals surface area contributed by atoms with Crippen molar-refractivity contribution in [3.63, 3.8) is 0 Å². The molecule has 3 rings (SSSR count). The molecule has 0 aliphatic carbocycles. The Balaban J connectivity index is 1.81. The number of pyridine rings is 1. The largest absolute Gasteiger partial charge is 0.367 e. The van der Waals surface area contributed by atoms with Gasteiger partial charge >= 0.3 is 0 Å². The summed E-state index contributed by atoms with van der Waals surface area (Å²) >= 11 is 6.24. The minimum Gasteiger partial charge on any atom is -0.367 e. The number of anilines is 1. The van der Waals surface area contributed by atoms with Gasteiger partial charge in [-0.05, 0) is 44.4 Å². The number of halogens is 1. The van der Waals surface area contributed by atoms with Gasteiger partial charge in [-0.25, -0.2) is 4.98 Å². The average Bonchev–Trinajstić information content (AvgIpc) is 2.42. The summed E-state index contributed by atoms with van der Waals surface area (Å²) in [5.74, 6) is 0.887. The third kappa shape index (κ3) is 2.82. The van der Waals surface area contributed by atoms with Crippen LogP contribution in [0.15, 0.2) is 30.3 Å². The summed E-state index contributed by atoms with van der Waals surface area (Å²) in [4.78, 5) is 6.82. The maximum absolute atomic E-state index is 6.24. The molecule has 0 radical (unpaired) electrons. The van der Waals surface area contributed by atoms with E-state index in [9.17, 15) is 0 Å². The molecule has 1 fully saturated rings. The topological polar surface area (TPSA) is 28.2 Å². The Bertz CT molecular complexity index is 577. The van der Waals surface area contributed by atoms with Gasteiger partial charge in [-0.1, -0.05) is 35.9 Å². The number of likely N-dealkylation sites (tertiary alicyclic amines) is 1. The minimum atomic E-state index is 0.501. The molecule has 0 atom stereocenters. The fourth-order valence-electron chi connectivity index (χ4n) is 2.59. The predicted molar refractivity (Wildman–Crippen MR) is 80.9 cm³/mol. The molecule has 1 saturated heterocycles. The maximum Gasteiger partial charge on any atom is 0.139 e. The number of hydrogen-bond acceptors (Lipinski definition) is 3. The number of hydrogen-bond donors (Lipinski definition) is 1. The van der Waals surface area contributed by atoms with Crippen molar-refractivity contribution in [2.75, 3.05) is 25.5 Å². The Hall–Kier alpha value is -1.32. The third-order valence-corrected chi connectivity index (χ3v) is 4.05. The summed E-state index contributed by atoms with van der Waals surface area (Å²) in [7, 11) is 2.17. The van der Waals surface area contributed by atoms with Crippen molar-refractivity contribution in [1.82, 2.24) is 9.88 Å². The molecule has 19 heavy (non-hydrogen) atoms. The van der Waals surface area contributed by atoms with Crippen LogP contribution in [0.5, 0.6) is 0 Å². The smallest absolute Gasteiger partial charge is 0.139 e. The van der Waals surface area contributed by atoms with Crippen LogP contribution in [-0.2, 0) is 0 Å². The van der Waals surface area contributed by atoms with Gasteiger partial charge in [0.05, 0.1) is 0 Å². The summed E-state index contributed by atoms with van der Waals surface area (Å²) in [6.45, 7) is 2.28. The lowest BCUT2D eigenvalue weighted by Crippen LogP contribution is -2.36. The summed E-state index contributed by atoms with van der Waals surface area (Å²) in [5, 5.41) is 6.24. The molecular weight excluding hydrogens is 258 g/mol. The SMILES string of the molecule is CN1CCC(Nc2cc3ccccc3c(Cl)n2)CC1. The van der Waals surface area contributed by atoms with E-state index >= 15 is 0 Å². The molecule has 1 aromatic heterocycles. The van der Waals surface area contributed by atoms with Gasteiger partial charge in [-0.15, -0.1) is 0 Å². The first-order chi connectivity index (χ1) is 9.22. The first-order valence-corrected chi connectivity index (χ1v) is 7.10. The van der Waals surface area contributed by atoms with E-state index < -0.39 is 0 Å². The van der Waals surface area contributed by atoms with E-state index in [0.29, 0.717) is 11.2 Å². The van der Waals surface area contributed by atoms with Crippen molar-refractivity contribution < 1.29 is 0 Å². The Labute approximate surface area is 118 Å².